The van der Waals surface area contributed by atoms with Crippen molar-refractivity contribution in [2.75, 3.05) is 6.54 Å². The standard InChI is InChI=1S/C11H17F3N2/c1-9(2)5-3-4-6-10(9,7-15)16-8-11(12,13)14/h16H,3-6,8H2,1-2H3. The molecular formula is C11H17F3N2. The van der Waals surface area contributed by atoms with Crippen LogP contribution in [-0.2, 0) is 0 Å². The first kappa shape index (κ1) is 13.3. The SMILES string of the molecule is CC1(C)CCCCC1(C#N)NCC(F)(F)F. The fraction of sp³-hybridized carbons (Fsp3) is 0.909. The summed E-state index contributed by atoms with van der Waals surface area (Å²) >= 11 is 0. The van der Waals surface area contributed by atoms with Crippen LogP contribution < -0.4 is 5.32 Å². The van der Waals surface area contributed by atoms with Gasteiger partial charge in [0, 0.05) is 0 Å². The van der Waals surface area contributed by atoms with Crippen LogP contribution in [0.5, 0.6) is 0 Å². The van der Waals surface area contributed by atoms with Gasteiger partial charge in [0.1, 0.15) is 5.54 Å². The lowest BCUT2D eigenvalue weighted by molar-refractivity contribution is -0.131. The van der Waals surface area contributed by atoms with Crippen LogP contribution in [0.4, 0.5) is 13.2 Å². The average molecular weight is 234 g/mol. The molecule has 0 bridgehead atoms. The Hall–Kier alpha value is -0.760. The van der Waals surface area contributed by atoms with Crippen molar-refractivity contribution in [3.8, 4) is 6.07 Å². The summed E-state index contributed by atoms with van der Waals surface area (Å²) in [4.78, 5) is 0. The van der Waals surface area contributed by atoms with Gasteiger partial charge < -0.3 is 0 Å². The van der Waals surface area contributed by atoms with Crippen LogP contribution in [0.25, 0.3) is 0 Å². The number of hydrogen-bond acceptors (Lipinski definition) is 2. The summed E-state index contributed by atoms with van der Waals surface area (Å²) in [6.45, 7) is 2.63. The quantitative estimate of drug-likeness (QED) is 0.797. The highest BCUT2D eigenvalue weighted by molar-refractivity contribution is 5.16. The molecule has 1 rings (SSSR count). The Morgan fingerprint density at radius 3 is 2.25 bits per heavy atom. The second-order valence-electron chi connectivity index (χ2n) is 5.08. The molecule has 1 fully saturated rings. The van der Waals surface area contributed by atoms with Gasteiger partial charge in [-0.3, -0.25) is 5.32 Å². The molecule has 92 valence electrons. The number of halogens is 3. The van der Waals surface area contributed by atoms with Crippen molar-refractivity contribution in [1.29, 1.82) is 5.26 Å². The number of nitrogens with one attached hydrogen (secondary N) is 1. The van der Waals surface area contributed by atoms with E-state index in [1.54, 1.807) is 0 Å². The molecule has 0 aromatic rings. The second-order valence-corrected chi connectivity index (χ2v) is 5.08. The highest BCUT2D eigenvalue weighted by Crippen LogP contribution is 2.43. The normalized spacial score (nSPS) is 29.8. The third kappa shape index (κ3) is 2.67. The highest BCUT2D eigenvalue weighted by atomic mass is 19.4. The van der Waals surface area contributed by atoms with Gasteiger partial charge in [-0.05, 0) is 18.3 Å². The molecule has 1 saturated carbocycles. The number of rotatable bonds is 2. The molecule has 1 aliphatic rings. The van der Waals surface area contributed by atoms with Crippen LogP contribution in [0.15, 0.2) is 0 Å². The van der Waals surface area contributed by atoms with Crippen molar-refractivity contribution >= 4 is 0 Å². The van der Waals surface area contributed by atoms with E-state index >= 15 is 0 Å². The Balaban J connectivity index is 2.80. The monoisotopic (exact) mass is 234 g/mol. The Kier molecular flexibility index (Phi) is 3.53. The molecule has 1 unspecified atom stereocenters. The van der Waals surface area contributed by atoms with Crippen LogP contribution in [0.1, 0.15) is 39.5 Å². The fourth-order valence-corrected chi connectivity index (χ4v) is 2.33. The Morgan fingerprint density at radius 2 is 1.81 bits per heavy atom. The molecule has 16 heavy (non-hydrogen) atoms. The van der Waals surface area contributed by atoms with Crippen LogP contribution in [0.2, 0.25) is 0 Å². The minimum atomic E-state index is -4.27. The molecule has 0 saturated heterocycles. The third-order valence-corrected chi connectivity index (χ3v) is 3.54. The van der Waals surface area contributed by atoms with E-state index in [1.165, 1.54) is 0 Å². The van der Waals surface area contributed by atoms with Crippen LogP contribution in [0.3, 0.4) is 0 Å². The van der Waals surface area contributed by atoms with E-state index in [0.717, 1.165) is 19.3 Å². The highest BCUT2D eigenvalue weighted by Gasteiger charge is 2.48. The zero-order valence-electron chi connectivity index (χ0n) is 9.62. The van der Waals surface area contributed by atoms with Crippen molar-refractivity contribution in [2.24, 2.45) is 5.41 Å². The van der Waals surface area contributed by atoms with Gasteiger partial charge >= 0.3 is 6.18 Å². The van der Waals surface area contributed by atoms with E-state index < -0.39 is 23.7 Å². The number of alkyl halides is 3. The number of hydrogen-bond donors (Lipinski definition) is 1. The van der Waals surface area contributed by atoms with Gasteiger partial charge in [-0.25, -0.2) is 0 Å². The van der Waals surface area contributed by atoms with Gasteiger partial charge in [0.05, 0.1) is 12.6 Å². The van der Waals surface area contributed by atoms with E-state index in [4.69, 9.17) is 0 Å². The maximum Gasteiger partial charge on any atom is 0.401 e. The Morgan fingerprint density at radius 1 is 1.25 bits per heavy atom. The summed E-state index contributed by atoms with van der Waals surface area (Å²) in [6.07, 6.45) is -1.21. The first-order chi connectivity index (χ1) is 7.22. The molecule has 5 heteroatoms. The van der Waals surface area contributed by atoms with Gasteiger partial charge in [-0.2, -0.15) is 18.4 Å². The summed E-state index contributed by atoms with van der Waals surface area (Å²) in [5.74, 6) is 0. The molecule has 0 radical (unpaired) electrons. The second kappa shape index (κ2) is 4.25. The predicted octanol–water partition coefficient (Wildman–Crippen LogP) is 3.00. The molecule has 2 nitrogen and oxygen atoms in total. The average Bonchev–Trinajstić information content (AvgIpc) is 2.15. The summed E-state index contributed by atoms with van der Waals surface area (Å²) in [5.41, 5.74) is -1.45. The smallest absolute Gasteiger partial charge is 0.291 e. The lowest BCUT2D eigenvalue weighted by atomic mass is 9.64. The summed E-state index contributed by atoms with van der Waals surface area (Å²) in [5, 5.41) is 11.6. The van der Waals surface area contributed by atoms with Gasteiger partial charge in [-0.1, -0.05) is 26.7 Å². The number of nitrogens with zero attached hydrogens (tertiary/aromatic N) is 1. The Labute approximate surface area is 93.8 Å². The van der Waals surface area contributed by atoms with E-state index in [2.05, 4.69) is 11.4 Å². The van der Waals surface area contributed by atoms with Crippen LogP contribution in [0, 0.1) is 16.7 Å². The maximum atomic E-state index is 12.2. The summed E-state index contributed by atoms with van der Waals surface area (Å²) in [7, 11) is 0. The van der Waals surface area contributed by atoms with Crippen LogP contribution in [-0.4, -0.2) is 18.3 Å². The van der Waals surface area contributed by atoms with E-state index in [-0.39, 0.29) is 0 Å². The van der Waals surface area contributed by atoms with E-state index in [9.17, 15) is 18.4 Å². The van der Waals surface area contributed by atoms with Gasteiger partial charge in [-0.15, -0.1) is 0 Å². The zero-order chi connectivity index (χ0) is 12.4. The van der Waals surface area contributed by atoms with E-state index in [1.807, 2.05) is 13.8 Å². The van der Waals surface area contributed by atoms with Gasteiger partial charge in [0.2, 0.25) is 0 Å². The molecule has 0 aromatic carbocycles. The lowest BCUT2D eigenvalue weighted by Gasteiger charge is -2.46. The molecule has 0 amide bonds. The topological polar surface area (TPSA) is 35.8 Å². The van der Waals surface area contributed by atoms with Gasteiger partial charge in [0.15, 0.2) is 0 Å². The van der Waals surface area contributed by atoms with Crippen molar-refractivity contribution in [3.05, 3.63) is 0 Å². The van der Waals surface area contributed by atoms with Crippen molar-refractivity contribution in [2.45, 2.75) is 51.2 Å². The molecule has 1 N–H and O–H groups in total. The molecule has 0 heterocycles. The largest absolute Gasteiger partial charge is 0.401 e. The summed E-state index contributed by atoms with van der Waals surface area (Å²) in [6, 6.07) is 2.07. The maximum absolute atomic E-state index is 12.2. The van der Waals surface area contributed by atoms with Crippen molar-refractivity contribution in [1.82, 2.24) is 5.32 Å². The molecule has 1 atom stereocenters. The molecule has 0 aromatic heterocycles. The predicted molar refractivity (Wildman–Crippen MR) is 54.7 cm³/mol. The molecule has 1 aliphatic carbocycles. The fourth-order valence-electron chi connectivity index (χ4n) is 2.33. The van der Waals surface area contributed by atoms with Crippen LogP contribution >= 0.6 is 0 Å². The Bertz CT molecular complexity index is 291. The number of nitriles is 1. The minimum absolute atomic E-state index is 0.411. The molecule has 0 aliphatic heterocycles. The molecule has 0 spiro atoms. The van der Waals surface area contributed by atoms with Crippen molar-refractivity contribution in [3.63, 3.8) is 0 Å². The first-order valence-electron chi connectivity index (χ1n) is 5.45. The molecular weight excluding hydrogens is 217 g/mol. The van der Waals surface area contributed by atoms with E-state index in [0.29, 0.717) is 6.42 Å². The van der Waals surface area contributed by atoms with Gasteiger partial charge in [0.25, 0.3) is 0 Å². The minimum Gasteiger partial charge on any atom is -0.291 e. The zero-order valence-corrected chi connectivity index (χ0v) is 9.62. The first-order valence-corrected chi connectivity index (χ1v) is 5.45. The summed E-state index contributed by atoms with van der Waals surface area (Å²) < 4.78 is 36.6. The van der Waals surface area contributed by atoms with Crippen molar-refractivity contribution < 1.29 is 13.2 Å². The lowest BCUT2D eigenvalue weighted by Crippen LogP contribution is -2.58. The third-order valence-electron chi connectivity index (χ3n) is 3.54.